The predicted octanol–water partition coefficient (Wildman–Crippen LogP) is 1.18. The third-order valence-electron chi connectivity index (χ3n) is 1.91. The molecule has 0 aliphatic carbocycles. The van der Waals surface area contributed by atoms with Crippen LogP contribution in [0.2, 0.25) is 0 Å². The number of halogens is 1. The number of alkyl halides is 1. The SMILES string of the molecule is C=CC[C@]1(F)CCCNC1=O. The van der Waals surface area contributed by atoms with Crippen LogP contribution in [0.3, 0.4) is 0 Å². The van der Waals surface area contributed by atoms with Crippen LogP contribution < -0.4 is 5.32 Å². The summed E-state index contributed by atoms with van der Waals surface area (Å²) in [5.74, 6) is -0.483. The molecule has 11 heavy (non-hydrogen) atoms. The first kappa shape index (κ1) is 8.24. The van der Waals surface area contributed by atoms with Crippen molar-refractivity contribution >= 4 is 5.91 Å². The summed E-state index contributed by atoms with van der Waals surface area (Å²) in [5, 5.41) is 2.50. The van der Waals surface area contributed by atoms with Crippen LogP contribution in [-0.4, -0.2) is 18.1 Å². The number of carbonyl (C=O) groups excluding carboxylic acids is 1. The maximum absolute atomic E-state index is 13.5. The van der Waals surface area contributed by atoms with E-state index in [0.717, 1.165) is 6.42 Å². The smallest absolute Gasteiger partial charge is 0.258 e. The second-order valence-electron chi connectivity index (χ2n) is 2.82. The summed E-state index contributed by atoms with van der Waals surface area (Å²) in [5.41, 5.74) is -1.68. The Hall–Kier alpha value is -0.860. The van der Waals surface area contributed by atoms with Crippen molar-refractivity contribution in [3.05, 3.63) is 12.7 Å². The number of nitrogens with one attached hydrogen (secondary N) is 1. The molecule has 1 amide bonds. The van der Waals surface area contributed by atoms with Gasteiger partial charge in [0.25, 0.3) is 5.91 Å². The summed E-state index contributed by atoms with van der Waals surface area (Å²) in [7, 11) is 0. The van der Waals surface area contributed by atoms with Gasteiger partial charge in [0.15, 0.2) is 5.67 Å². The minimum atomic E-state index is -1.68. The molecule has 3 heteroatoms. The van der Waals surface area contributed by atoms with Crippen LogP contribution in [0.5, 0.6) is 0 Å². The van der Waals surface area contributed by atoms with Crippen LogP contribution in [0.1, 0.15) is 19.3 Å². The second-order valence-corrected chi connectivity index (χ2v) is 2.82. The van der Waals surface area contributed by atoms with Gasteiger partial charge in [-0.2, -0.15) is 0 Å². The van der Waals surface area contributed by atoms with Gasteiger partial charge in [-0.3, -0.25) is 4.79 Å². The molecule has 0 aromatic heterocycles. The predicted molar refractivity (Wildman–Crippen MR) is 40.9 cm³/mol. The van der Waals surface area contributed by atoms with E-state index in [1.54, 1.807) is 0 Å². The highest BCUT2D eigenvalue weighted by atomic mass is 19.1. The standard InChI is InChI=1S/C8H12FNO/c1-2-4-8(9)5-3-6-10-7(8)11/h2H,1,3-6H2,(H,10,11)/t8-/m0/s1. The Balaban J connectivity index is 2.64. The highest BCUT2D eigenvalue weighted by Crippen LogP contribution is 2.25. The minimum Gasteiger partial charge on any atom is -0.353 e. The van der Waals surface area contributed by atoms with Crippen LogP contribution >= 0.6 is 0 Å². The average molecular weight is 157 g/mol. The molecule has 1 rings (SSSR count). The fourth-order valence-electron chi connectivity index (χ4n) is 1.27. The molecule has 1 aliphatic heterocycles. The fraction of sp³-hybridized carbons (Fsp3) is 0.625. The van der Waals surface area contributed by atoms with Crippen LogP contribution in [0.4, 0.5) is 4.39 Å². The number of hydrogen-bond acceptors (Lipinski definition) is 1. The van der Waals surface area contributed by atoms with E-state index in [1.807, 2.05) is 0 Å². The third-order valence-corrected chi connectivity index (χ3v) is 1.91. The molecule has 0 saturated carbocycles. The molecule has 0 bridgehead atoms. The molecule has 0 radical (unpaired) electrons. The van der Waals surface area contributed by atoms with Gasteiger partial charge in [0.05, 0.1) is 0 Å². The lowest BCUT2D eigenvalue weighted by Crippen LogP contribution is -2.47. The summed E-state index contributed by atoms with van der Waals surface area (Å²) in [6.45, 7) is 4.01. The van der Waals surface area contributed by atoms with Crippen molar-refractivity contribution in [2.45, 2.75) is 24.9 Å². The van der Waals surface area contributed by atoms with E-state index in [9.17, 15) is 9.18 Å². The lowest BCUT2D eigenvalue weighted by Gasteiger charge is -2.27. The summed E-state index contributed by atoms with van der Waals surface area (Å²) < 4.78 is 13.5. The van der Waals surface area contributed by atoms with Gasteiger partial charge < -0.3 is 5.32 Å². The highest BCUT2D eigenvalue weighted by Gasteiger charge is 2.38. The monoisotopic (exact) mass is 157 g/mol. The molecular weight excluding hydrogens is 145 g/mol. The average Bonchev–Trinajstić information content (AvgIpc) is 1.96. The van der Waals surface area contributed by atoms with Gasteiger partial charge in [0, 0.05) is 13.0 Å². The maximum Gasteiger partial charge on any atom is 0.258 e. The van der Waals surface area contributed by atoms with Crippen molar-refractivity contribution in [3.63, 3.8) is 0 Å². The van der Waals surface area contributed by atoms with Gasteiger partial charge in [-0.1, -0.05) is 6.08 Å². The topological polar surface area (TPSA) is 29.1 Å². The van der Waals surface area contributed by atoms with Gasteiger partial charge in [-0.05, 0) is 12.8 Å². The summed E-state index contributed by atoms with van der Waals surface area (Å²) in [6, 6.07) is 0. The van der Waals surface area contributed by atoms with E-state index < -0.39 is 11.6 Å². The fourth-order valence-corrected chi connectivity index (χ4v) is 1.27. The van der Waals surface area contributed by atoms with Gasteiger partial charge in [-0.25, -0.2) is 4.39 Å². The van der Waals surface area contributed by atoms with E-state index in [2.05, 4.69) is 11.9 Å². The molecule has 0 unspecified atom stereocenters. The number of amides is 1. The zero-order chi connectivity index (χ0) is 8.32. The Morgan fingerprint density at radius 2 is 2.55 bits per heavy atom. The number of hydrogen-bond donors (Lipinski definition) is 1. The van der Waals surface area contributed by atoms with E-state index in [0.29, 0.717) is 13.0 Å². The van der Waals surface area contributed by atoms with Crippen LogP contribution in [-0.2, 0) is 4.79 Å². The molecule has 0 aromatic carbocycles. The molecule has 1 saturated heterocycles. The zero-order valence-electron chi connectivity index (χ0n) is 6.40. The van der Waals surface area contributed by atoms with Crippen molar-refractivity contribution in [1.82, 2.24) is 5.32 Å². The maximum atomic E-state index is 13.5. The van der Waals surface area contributed by atoms with Crippen molar-refractivity contribution in [1.29, 1.82) is 0 Å². The molecule has 62 valence electrons. The Morgan fingerprint density at radius 1 is 1.82 bits per heavy atom. The highest BCUT2D eigenvalue weighted by molar-refractivity contribution is 5.85. The normalized spacial score (nSPS) is 31.2. The van der Waals surface area contributed by atoms with Gasteiger partial charge in [0.1, 0.15) is 0 Å². The lowest BCUT2D eigenvalue weighted by molar-refractivity contribution is -0.135. The largest absolute Gasteiger partial charge is 0.353 e. The molecular formula is C8H12FNO. The lowest BCUT2D eigenvalue weighted by atomic mass is 9.92. The molecule has 1 fully saturated rings. The van der Waals surface area contributed by atoms with Crippen LogP contribution in [0.15, 0.2) is 12.7 Å². The summed E-state index contributed by atoms with van der Waals surface area (Å²) in [4.78, 5) is 11.0. The minimum absolute atomic E-state index is 0.124. The van der Waals surface area contributed by atoms with E-state index in [-0.39, 0.29) is 6.42 Å². The first-order valence-electron chi connectivity index (χ1n) is 3.77. The first-order chi connectivity index (χ1) is 5.19. The zero-order valence-corrected chi connectivity index (χ0v) is 6.40. The van der Waals surface area contributed by atoms with Crippen molar-refractivity contribution < 1.29 is 9.18 Å². The molecule has 1 atom stereocenters. The first-order valence-corrected chi connectivity index (χ1v) is 3.77. The third kappa shape index (κ3) is 1.59. The van der Waals surface area contributed by atoms with Crippen molar-refractivity contribution in [3.8, 4) is 0 Å². The molecule has 0 spiro atoms. The van der Waals surface area contributed by atoms with Gasteiger partial charge >= 0.3 is 0 Å². The van der Waals surface area contributed by atoms with Gasteiger partial charge in [0.2, 0.25) is 0 Å². The van der Waals surface area contributed by atoms with Crippen LogP contribution in [0, 0.1) is 0 Å². The summed E-state index contributed by atoms with van der Waals surface area (Å²) in [6.07, 6.45) is 2.62. The summed E-state index contributed by atoms with van der Waals surface area (Å²) >= 11 is 0. The van der Waals surface area contributed by atoms with E-state index >= 15 is 0 Å². The Bertz CT molecular complexity index is 181. The molecule has 0 aromatic rings. The Kier molecular flexibility index (Phi) is 2.27. The van der Waals surface area contributed by atoms with Crippen molar-refractivity contribution in [2.75, 3.05) is 6.54 Å². The number of carbonyl (C=O) groups is 1. The molecule has 1 aliphatic rings. The molecule has 1 N–H and O–H groups in total. The number of piperidine rings is 1. The van der Waals surface area contributed by atoms with Gasteiger partial charge in [-0.15, -0.1) is 6.58 Å². The quantitative estimate of drug-likeness (QED) is 0.599. The molecule has 2 nitrogen and oxygen atoms in total. The number of rotatable bonds is 2. The van der Waals surface area contributed by atoms with E-state index in [4.69, 9.17) is 0 Å². The van der Waals surface area contributed by atoms with E-state index in [1.165, 1.54) is 6.08 Å². The Morgan fingerprint density at radius 3 is 3.09 bits per heavy atom. The Labute approximate surface area is 65.5 Å². The van der Waals surface area contributed by atoms with Crippen LogP contribution in [0.25, 0.3) is 0 Å². The second kappa shape index (κ2) is 3.03. The molecule has 1 heterocycles. The van der Waals surface area contributed by atoms with Crippen molar-refractivity contribution in [2.24, 2.45) is 0 Å². The number of allylic oxidation sites excluding steroid dienone is 1.